The molecule has 1 aromatic carbocycles. The number of benzene rings is 1. The molecule has 2 unspecified atom stereocenters. The Labute approximate surface area is 162 Å². The standard InChI is InChI=1S/C17H27N3O2S.HI/c1-3-15(13-23(21,22)16-9-5-4-6-10-16)19-17(18)20-11-7-8-14(2)12-20;/h4-6,9-10,14-15H,3,7-8,11-13H2,1-2H3,(H2,18,19);1H. The molecular formula is C17H28IN3O2S. The topological polar surface area (TPSA) is 75.8 Å². The van der Waals surface area contributed by atoms with Gasteiger partial charge in [-0.05, 0) is 37.3 Å². The molecule has 0 amide bonds. The first-order chi connectivity index (χ1) is 10.9. The van der Waals surface area contributed by atoms with Crippen molar-refractivity contribution in [3.63, 3.8) is 0 Å². The van der Waals surface area contributed by atoms with Crippen LogP contribution in [0.15, 0.2) is 40.2 Å². The molecule has 1 fully saturated rings. The molecule has 0 saturated carbocycles. The molecule has 2 atom stereocenters. The summed E-state index contributed by atoms with van der Waals surface area (Å²) in [7, 11) is -3.34. The van der Waals surface area contributed by atoms with E-state index in [1.165, 1.54) is 6.42 Å². The summed E-state index contributed by atoms with van der Waals surface area (Å²) in [6.07, 6.45) is 2.97. The molecule has 2 N–H and O–H groups in total. The van der Waals surface area contributed by atoms with E-state index in [1.54, 1.807) is 24.3 Å². The van der Waals surface area contributed by atoms with E-state index in [-0.39, 0.29) is 35.8 Å². The molecule has 1 heterocycles. The molecule has 1 saturated heterocycles. The Morgan fingerprint density at radius 2 is 2.04 bits per heavy atom. The summed E-state index contributed by atoms with van der Waals surface area (Å²) in [5, 5.41) is 0. The summed E-state index contributed by atoms with van der Waals surface area (Å²) < 4.78 is 25.0. The zero-order valence-electron chi connectivity index (χ0n) is 14.4. The van der Waals surface area contributed by atoms with E-state index >= 15 is 0 Å². The molecule has 0 aromatic heterocycles. The van der Waals surface area contributed by atoms with Crippen LogP contribution < -0.4 is 5.73 Å². The molecule has 0 spiro atoms. The number of halogens is 1. The lowest BCUT2D eigenvalue weighted by Gasteiger charge is -2.32. The highest BCUT2D eigenvalue weighted by molar-refractivity contribution is 14.0. The Morgan fingerprint density at radius 1 is 1.38 bits per heavy atom. The Balaban J connectivity index is 0.00000288. The highest BCUT2D eigenvalue weighted by atomic mass is 127. The molecule has 7 heteroatoms. The maximum absolute atomic E-state index is 12.5. The molecule has 0 bridgehead atoms. The second-order valence-electron chi connectivity index (χ2n) is 6.34. The van der Waals surface area contributed by atoms with E-state index in [1.807, 2.05) is 13.0 Å². The first kappa shape index (κ1) is 21.2. The Hall–Kier alpha value is -0.830. The third-order valence-corrected chi connectivity index (χ3v) is 6.10. The van der Waals surface area contributed by atoms with Crippen molar-refractivity contribution in [1.29, 1.82) is 0 Å². The normalized spacial score (nSPS) is 20.3. The van der Waals surface area contributed by atoms with Crippen molar-refractivity contribution in [3.8, 4) is 0 Å². The van der Waals surface area contributed by atoms with Crippen LogP contribution in [-0.2, 0) is 9.84 Å². The van der Waals surface area contributed by atoms with E-state index in [0.29, 0.717) is 23.2 Å². The number of hydrogen-bond acceptors (Lipinski definition) is 3. The van der Waals surface area contributed by atoms with Crippen molar-refractivity contribution in [2.45, 2.75) is 44.0 Å². The monoisotopic (exact) mass is 465 g/mol. The van der Waals surface area contributed by atoms with E-state index in [2.05, 4.69) is 16.8 Å². The van der Waals surface area contributed by atoms with Crippen LogP contribution in [0, 0.1) is 5.92 Å². The number of hydrogen-bond donors (Lipinski definition) is 1. The molecule has 1 aromatic rings. The van der Waals surface area contributed by atoms with Crippen LogP contribution in [0.25, 0.3) is 0 Å². The van der Waals surface area contributed by atoms with Gasteiger partial charge >= 0.3 is 0 Å². The Morgan fingerprint density at radius 3 is 2.62 bits per heavy atom. The number of aliphatic imine (C=N–C) groups is 1. The van der Waals surface area contributed by atoms with Crippen LogP contribution >= 0.6 is 24.0 Å². The number of nitrogens with zero attached hydrogens (tertiary/aromatic N) is 2. The molecule has 1 aliphatic heterocycles. The van der Waals surface area contributed by atoms with Gasteiger partial charge in [0.1, 0.15) is 0 Å². The predicted octanol–water partition coefficient (Wildman–Crippen LogP) is 2.90. The highest BCUT2D eigenvalue weighted by Gasteiger charge is 2.22. The van der Waals surface area contributed by atoms with Crippen LogP contribution in [0.4, 0.5) is 0 Å². The number of nitrogens with two attached hydrogens (primary N) is 1. The van der Waals surface area contributed by atoms with Gasteiger partial charge in [-0.2, -0.15) is 0 Å². The summed E-state index contributed by atoms with van der Waals surface area (Å²) in [4.78, 5) is 6.93. The van der Waals surface area contributed by atoms with Gasteiger partial charge in [0, 0.05) is 13.1 Å². The minimum absolute atomic E-state index is 0. The fraction of sp³-hybridized carbons (Fsp3) is 0.588. The number of sulfone groups is 1. The zero-order chi connectivity index (χ0) is 16.9. The lowest BCUT2D eigenvalue weighted by Crippen LogP contribution is -2.44. The van der Waals surface area contributed by atoms with E-state index in [4.69, 9.17) is 5.73 Å². The first-order valence-electron chi connectivity index (χ1n) is 8.28. The summed E-state index contributed by atoms with van der Waals surface area (Å²) >= 11 is 0. The van der Waals surface area contributed by atoms with Gasteiger partial charge < -0.3 is 10.6 Å². The highest BCUT2D eigenvalue weighted by Crippen LogP contribution is 2.17. The number of likely N-dealkylation sites (tertiary alicyclic amines) is 1. The van der Waals surface area contributed by atoms with Crippen LogP contribution in [-0.4, -0.2) is 44.2 Å². The molecule has 2 rings (SSSR count). The van der Waals surface area contributed by atoms with Gasteiger partial charge in [-0.25, -0.2) is 13.4 Å². The Bertz CT molecular complexity index is 634. The first-order valence-corrected chi connectivity index (χ1v) is 9.93. The van der Waals surface area contributed by atoms with Crippen LogP contribution in [0.5, 0.6) is 0 Å². The Kier molecular flexibility index (Phi) is 8.49. The zero-order valence-corrected chi connectivity index (χ0v) is 17.5. The predicted molar refractivity (Wildman–Crippen MR) is 110 cm³/mol. The number of guanidine groups is 1. The SMILES string of the molecule is CCC(CS(=O)(=O)c1ccccc1)N=C(N)N1CCCC(C)C1.I. The summed E-state index contributed by atoms with van der Waals surface area (Å²) in [5.41, 5.74) is 6.13. The van der Waals surface area contributed by atoms with Gasteiger partial charge in [0.2, 0.25) is 0 Å². The van der Waals surface area contributed by atoms with Crippen LogP contribution in [0.2, 0.25) is 0 Å². The summed E-state index contributed by atoms with van der Waals surface area (Å²) in [5.74, 6) is 1.08. The fourth-order valence-electron chi connectivity index (χ4n) is 2.89. The fourth-order valence-corrected chi connectivity index (χ4v) is 4.47. The molecule has 24 heavy (non-hydrogen) atoms. The second kappa shape index (κ2) is 9.60. The van der Waals surface area contributed by atoms with Crippen molar-refractivity contribution in [3.05, 3.63) is 30.3 Å². The second-order valence-corrected chi connectivity index (χ2v) is 8.37. The largest absolute Gasteiger partial charge is 0.370 e. The third-order valence-electron chi connectivity index (χ3n) is 4.28. The van der Waals surface area contributed by atoms with Gasteiger partial charge in [-0.15, -0.1) is 24.0 Å². The van der Waals surface area contributed by atoms with Gasteiger partial charge in [-0.3, -0.25) is 0 Å². The van der Waals surface area contributed by atoms with Gasteiger partial charge in [-0.1, -0.05) is 32.0 Å². The van der Waals surface area contributed by atoms with E-state index in [0.717, 1.165) is 19.5 Å². The summed E-state index contributed by atoms with van der Waals surface area (Å²) in [6.45, 7) is 5.95. The van der Waals surface area contributed by atoms with Crippen molar-refractivity contribution < 1.29 is 8.42 Å². The van der Waals surface area contributed by atoms with Gasteiger partial charge in [0.15, 0.2) is 15.8 Å². The number of piperidine rings is 1. The third kappa shape index (κ3) is 5.91. The molecule has 1 aliphatic rings. The molecular weight excluding hydrogens is 437 g/mol. The average Bonchev–Trinajstić information content (AvgIpc) is 2.54. The van der Waals surface area contributed by atoms with Crippen molar-refractivity contribution >= 4 is 39.8 Å². The van der Waals surface area contributed by atoms with Gasteiger partial charge in [0.05, 0.1) is 16.7 Å². The quantitative estimate of drug-likeness (QED) is 0.412. The lowest BCUT2D eigenvalue weighted by molar-refractivity contribution is 0.269. The maximum Gasteiger partial charge on any atom is 0.191 e. The van der Waals surface area contributed by atoms with Crippen LogP contribution in [0.1, 0.15) is 33.1 Å². The molecule has 136 valence electrons. The lowest BCUT2D eigenvalue weighted by atomic mass is 10.0. The summed E-state index contributed by atoms with van der Waals surface area (Å²) in [6, 6.07) is 8.23. The minimum Gasteiger partial charge on any atom is -0.370 e. The minimum atomic E-state index is -3.34. The van der Waals surface area contributed by atoms with Crippen molar-refractivity contribution in [2.75, 3.05) is 18.8 Å². The molecule has 0 aliphatic carbocycles. The maximum atomic E-state index is 12.5. The smallest absolute Gasteiger partial charge is 0.191 e. The van der Waals surface area contributed by atoms with Crippen molar-refractivity contribution in [1.82, 2.24) is 4.90 Å². The van der Waals surface area contributed by atoms with E-state index in [9.17, 15) is 8.42 Å². The average molecular weight is 465 g/mol. The molecule has 5 nitrogen and oxygen atoms in total. The van der Waals surface area contributed by atoms with Crippen LogP contribution in [0.3, 0.4) is 0 Å². The number of rotatable bonds is 5. The van der Waals surface area contributed by atoms with E-state index < -0.39 is 9.84 Å². The van der Waals surface area contributed by atoms with Gasteiger partial charge in [0.25, 0.3) is 0 Å². The molecule has 0 radical (unpaired) electrons. The van der Waals surface area contributed by atoms with Crippen molar-refractivity contribution in [2.24, 2.45) is 16.6 Å².